The number of aliphatic hydroxyl groups excluding tert-OH is 1. The molecule has 0 aliphatic rings. The van der Waals surface area contributed by atoms with Crippen LogP contribution in [-0.2, 0) is 65.4 Å². The lowest BCUT2D eigenvalue weighted by Gasteiger charge is -2.21. The van der Waals surface area contributed by atoms with Crippen LogP contribution >= 0.6 is 15.6 Å². The second-order valence-electron chi connectivity index (χ2n) is 27.0. The summed E-state index contributed by atoms with van der Waals surface area (Å²) in [4.78, 5) is 73.1. The van der Waals surface area contributed by atoms with Gasteiger partial charge in [-0.1, -0.05) is 278 Å². The molecule has 0 amide bonds. The van der Waals surface area contributed by atoms with Crippen LogP contribution in [0.1, 0.15) is 336 Å². The normalized spacial score (nSPS) is 14.5. The van der Waals surface area contributed by atoms with Gasteiger partial charge in [-0.05, 0) is 154 Å². The summed E-state index contributed by atoms with van der Waals surface area (Å²) < 4.78 is 68.6. The van der Waals surface area contributed by atoms with Crippen LogP contribution in [0.15, 0.2) is 122 Å². The number of phosphoric ester groups is 2. The van der Waals surface area contributed by atoms with Crippen LogP contribution in [0, 0.1) is 0 Å². The largest absolute Gasteiger partial charge is 0.472 e. The van der Waals surface area contributed by atoms with E-state index in [-0.39, 0.29) is 25.7 Å². The molecule has 3 N–H and O–H groups in total. The third kappa shape index (κ3) is 75.7. The van der Waals surface area contributed by atoms with E-state index in [2.05, 4.69) is 149 Å². The summed E-state index contributed by atoms with van der Waals surface area (Å²) in [6.07, 6.45) is 84.5. The van der Waals surface area contributed by atoms with Crippen molar-refractivity contribution in [2.24, 2.45) is 0 Å². The van der Waals surface area contributed by atoms with E-state index < -0.39 is 97.5 Å². The highest BCUT2D eigenvalue weighted by atomic mass is 31.2. The molecule has 104 heavy (non-hydrogen) atoms. The van der Waals surface area contributed by atoms with Crippen molar-refractivity contribution in [3.63, 3.8) is 0 Å². The van der Waals surface area contributed by atoms with Crippen molar-refractivity contribution in [2.75, 3.05) is 39.6 Å². The van der Waals surface area contributed by atoms with E-state index in [0.29, 0.717) is 25.7 Å². The molecule has 5 atom stereocenters. The molecule has 0 fully saturated rings. The Morgan fingerprint density at radius 1 is 0.279 bits per heavy atom. The maximum Gasteiger partial charge on any atom is 0.472 e. The molecule has 0 rings (SSSR count). The second kappa shape index (κ2) is 76.6. The SMILES string of the molecule is CC/C=C\C/C=C\C/C=C\CCCCCCCCCC(=O)OCC(COP(=O)(O)OCC(O)COP(=O)(O)OCC(COC(=O)CCCCCCCC/C=C\C/C=C\C/C=C\CCCCC)OC(=O)CCCCCCC/C=C\C/C=C\CCCCC)OC(=O)CCCCCCC/C=C\C/C=C\CCC. The number of carbonyl (C=O) groups excluding carboxylic acids is 4. The van der Waals surface area contributed by atoms with Crippen LogP contribution in [-0.4, -0.2) is 96.7 Å². The van der Waals surface area contributed by atoms with Gasteiger partial charge in [0.15, 0.2) is 12.2 Å². The lowest BCUT2D eigenvalue weighted by atomic mass is 10.1. The van der Waals surface area contributed by atoms with E-state index in [9.17, 15) is 43.2 Å². The van der Waals surface area contributed by atoms with Crippen LogP contribution in [0.2, 0.25) is 0 Å². The summed E-state index contributed by atoms with van der Waals surface area (Å²) in [5.74, 6) is -2.22. The van der Waals surface area contributed by atoms with E-state index in [0.717, 1.165) is 218 Å². The average Bonchev–Trinajstić information content (AvgIpc) is 0.918. The maximum atomic E-state index is 13.1. The Balaban J connectivity index is 5.37. The minimum Gasteiger partial charge on any atom is -0.462 e. The summed E-state index contributed by atoms with van der Waals surface area (Å²) in [7, 11) is -9.97. The maximum absolute atomic E-state index is 13.1. The lowest BCUT2D eigenvalue weighted by molar-refractivity contribution is -0.161. The molecule has 0 spiro atoms. The number of carbonyl (C=O) groups is 4. The van der Waals surface area contributed by atoms with Crippen LogP contribution in [0.25, 0.3) is 0 Å². The molecule has 0 bridgehead atoms. The van der Waals surface area contributed by atoms with E-state index >= 15 is 0 Å². The highest BCUT2D eigenvalue weighted by molar-refractivity contribution is 7.47. The van der Waals surface area contributed by atoms with Crippen LogP contribution in [0.5, 0.6) is 0 Å². The third-order valence-electron chi connectivity index (χ3n) is 16.9. The van der Waals surface area contributed by atoms with Crippen molar-refractivity contribution in [1.82, 2.24) is 0 Å². The molecule has 0 aromatic heterocycles. The van der Waals surface area contributed by atoms with E-state index in [1.54, 1.807) is 0 Å². The number of hydrogen-bond acceptors (Lipinski definition) is 15. The van der Waals surface area contributed by atoms with Crippen molar-refractivity contribution >= 4 is 39.5 Å². The van der Waals surface area contributed by atoms with E-state index in [1.165, 1.54) is 38.5 Å². The zero-order valence-electron chi connectivity index (χ0n) is 65.4. The monoisotopic (exact) mass is 1500 g/mol. The van der Waals surface area contributed by atoms with Crippen LogP contribution < -0.4 is 0 Å². The van der Waals surface area contributed by atoms with Gasteiger partial charge in [-0.2, -0.15) is 0 Å². The number of rotatable bonds is 76. The first-order valence-electron chi connectivity index (χ1n) is 40.8. The summed E-state index contributed by atoms with van der Waals surface area (Å²) in [6, 6.07) is 0. The number of aliphatic hydroxyl groups is 1. The van der Waals surface area contributed by atoms with Crippen molar-refractivity contribution < 1.29 is 80.2 Å². The summed E-state index contributed by atoms with van der Waals surface area (Å²) in [5, 5.41) is 10.6. The van der Waals surface area contributed by atoms with Crippen molar-refractivity contribution in [1.29, 1.82) is 0 Å². The molecule has 0 aromatic rings. The zero-order chi connectivity index (χ0) is 76.0. The lowest BCUT2D eigenvalue weighted by Crippen LogP contribution is -2.30. The summed E-state index contributed by atoms with van der Waals surface area (Å²) >= 11 is 0. The quantitative estimate of drug-likeness (QED) is 0.0169. The van der Waals surface area contributed by atoms with E-state index in [1.807, 2.05) is 0 Å². The minimum absolute atomic E-state index is 0.0742. The Kier molecular flexibility index (Phi) is 73.3. The zero-order valence-corrected chi connectivity index (χ0v) is 67.2. The molecular weight excluding hydrogens is 1350 g/mol. The van der Waals surface area contributed by atoms with Crippen molar-refractivity contribution in [3.8, 4) is 0 Å². The molecule has 0 aliphatic heterocycles. The number of allylic oxidation sites excluding steroid dienone is 20. The minimum atomic E-state index is -4.99. The van der Waals surface area contributed by atoms with Gasteiger partial charge in [0.2, 0.25) is 0 Å². The third-order valence-corrected chi connectivity index (χ3v) is 18.8. The Bertz CT molecular complexity index is 2440. The van der Waals surface area contributed by atoms with Gasteiger partial charge in [0.05, 0.1) is 26.4 Å². The first-order chi connectivity index (χ1) is 50.7. The predicted molar refractivity (Wildman–Crippen MR) is 427 cm³/mol. The molecule has 19 heteroatoms. The highest BCUT2D eigenvalue weighted by Gasteiger charge is 2.30. The van der Waals surface area contributed by atoms with Gasteiger partial charge < -0.3 is 33.8 Å². The Morgan fingerprint density at radius 3 is 0.808 bits per heavy atom. The van der Waals surface area contributed by atoms with Gasteiger partial charge in [0.25, 0.3) is 0 Å². The average molecular weight is 1500 g/mol. The number of phosphoric acid groups is 2. The fourth-order valence-electron chi connectivity index (χ4n) is 10.7. The Hall–Kier alpha value is -4.54. The van der Waals surface area contributed by atoms with Gasteiger partial charge in [-0.25, -0.2) is 9.13 Å². The molecule has 0 heterocycles. The molecule has 0 saturated heterocycles. The number of hydrogen-bond donors (Lipinski definition) is 3. The number of unbranched alkanes of at least 4 members (excludes halogenated alkanes) is 30. The van der Waals surface area contributed by atoms with Crippen molar-refractivity contribution in [3.05, 3.63) is 122 Å². The van der Waals surface area contributed by atoms with Gasteiger partial charge in [0, 0.05) is 25.7 Å². The summed E-state index contributed by atoms with van der Waals surface area (Å²) in [6.45, 7) is 4.62. The van der Waals surface area contributed by atoms with Gasteiger partial charge in [-0.15, -0.1) is 0 Å². The summed E-state index contributed by atoms with van der Waals surface area (Å²) in [5.41, 5.74) is 0. The topological polar surface area (TPSA) is 237 Å². The molecule has 0 saturated carbocycles. The molecular formula is C85H146O17P2. The standard InChI is InChI=1S/C85H146O17P2/c1-5-9-13-17-21-25-29-33-36-38-39-41-44-47-50-54-58-62-66-70-83(88)96-76-81(102-85(90)72-68-64-60-56-52-48-42-35-31-27-23-19-15-11-7-3)78-100-104(93,94)98-74-79(86)73-97-103(91,92)99-77-80(101-84(89)71-67-63-59-55-51-45-32-28-24-20-16-12-8-4)75-95-82(87)69-65-61-57-53-49-46-43-40-37-34-30-26-22-18-14-10-6-2/h10,14,16,20-23,25-28,32-37,39,41-42,79-81,86H,5-9,11-13,15,17-19,24,29-31,38,40,43-78H2,1-4H3,(H,91,92)(H,93,94)/b14-10-,20-16-,25-21-,26-22-,27-23-,32-28-,36-33-,37-34-,41-39-,42-35-. The Morgan fingerprint density at radius 2 is 0.519 bits per heavy atom. The van der Waals surface area contributed by atoms with Gasteiger partial charge >= 0.3 is 39.5 Å². The first-order valence-corrected chi connectivity index (χ1v) is 43.8. The number of esters is 4. The van der Waals surface area contributed by atoms with Gasteiger partial charge in [0.1, 0.15) is 19.3 Å². The Labute approximate surface area is 632 Å². The molecule has 0 radical (unpaired) electrons. The molecule has 17 nitrogen and oxygen atoms in total. The fourth-order valence-corrected chi connectivity index (χ4v) is 12.2. The van der Waals surface area contributed by atoms with Crippen LogP contribution in [0.4, 0.5) is 0 Å². The second-order valence-corrected chi connectivity index (χ2v) is 29.9. The van der Waals surface area contributed by atoms with Crippen LogP contribution in [0.3, 0.4) is 0 Å². The van der Waals surface area contributed by atoms with Gasteiger partial charge in [-0.3, -0.25) is 37.3 Å². The molecule has 0 aromatic carbocycles. The molecule has 0 aliphatic carbocycles. The predicted octanol–water partition coefficient (Wildman–Crippen LogP) is 23.9. The fraction of sp³-hybridized carbons (Fsp3) is 0.718. The molecule has 5 unspecified atom stereocenters. The number of ether oxygens (including phenoxy) is 4. The smallest absolute Gasteiger partial charge is 0.462 e. The highest BCUT2D eigenvalue weighted by Crippen LogP contribution is 2.45. The van der Waals surface area contributed by atoms with Crippen molar-refractivity contribution in [2.45, 2.75) is 354 Å². The molecule has 598 valence electrons. The first kappa shape index (κ1) is 99.5. The van der Waals surface area contributed by atoms with E-state index in [4.69, 9.17) is 37.0 Å².